The van der Waals surface area contributed by atoms with Crippen LogP contribution in [0.15, 0.2) is 46.9 Å². The van der Waals surface area contributed by atoms with Gasteiger partial charge in [0.05, 0.1) is 0 Å². The number of hydrogen-bond acceptors (Lipinski definition) is 3. The van der Waals surface area contributed by atoms with E-state index in [1.54, 1.807) is 4.90 Å². The van der Waals surface area contributed by atoms with Crippen molar-refractivity contribution in [2.24, 2.45) is 0 Å². The largest absolute Gasteiger partial charge is 0.475 e. The molecule has 110 valence electrons. The molecule has 2 aromatic rings. The number of carboxylic acids is 1. The molecule has 1 amide bonds. The van der Waals surface area contributed by atoms with Gasteiger partial charge in [-0.15, -0.1) is 0 Å². The fourth-order valence-corrected chi connectivity index (χ4v) is 2.04. The molecule has 0 radical (unpaired) electrons. The number of carbonyl (C=O) groups excluding carboxylic acids is 1. The van der Waals surface area contributed by atoms with E-state index in [1.165, 1.54) is 12.1 Å². The lowest BCUT2D eigenvalue weighted by Gasteiger charge is -2.19. The van der Waals surface area contributed by atoms with E-state index in [1.807, 2.05) is 37.3 Å². The Morgan fingerprint density at radius 3 is 2.33 bits per heavy atom. The molecule has 0 bridgehead atoms. The molecular formula is C16H17NO4. The molecule has 1 heterocycles. The Balaban J connectivity index is 2.02. The van der Waals surface area contributed by atoms with Crippen molar-refractivity contribution in [2.45, 2.75) is 13.3 Å². The van der Waals surface area contributed by atoms with Crippen molar-refractivity contribution < 1.29 is 19.1 Å². The fraction of sp³-hybridized carbons (Fsp3) is 0.250. The lowest BCUT2D eigenvalue weighted by Crippen LogP contribution is -2.32. The van der Waals surface area contributed by atoms with Gasteiger partial charge in [0.2, 0.25) is 5.76 Å². The number of rotatable bonds is 6. The van der Waals surface area contributed by atoms with Crippen LogP contribution in [0.5, 0.6) is 0 Å². The number of benzene rings is 1. The minimum Gasteiger partial charge on any atom is -0.475 e. The summed E-state index contributed by atoms with van der Waals surface area (Å²) < 4.78 is 5.05. The molecule has 21 heavy (non-hydrogen) atoms. The normalized spacial score (nSPS) is 10.3. The Morgan fingerprint density at radius 2 is 1.76 bits per heavy atom. The molecule has 0 fully saturated rings. The van der Waals surface area contributed by atoms with Crippen molar-refractivity contribution in [3.63, 3.8) is 0 Å². The Morgan fingerprint density at radius 1 is 1.10 bits per heavy atom. The van der Waals surface area contributed by atoms with Crippen LogP contribution in [-0.2, 0) is 6.42 Å². The highest BCUT2D eigenvalue weighted by molar-refractivity contribution is 5.93. The van der Waals surface area contributed by atoms with Gasteiger partial charge in [0.15, 0.2) is 5.76 Å². The van der Waals surface area contributed by atoms with Gasteiger partial charge < -0.3 is 14.4 Å². The molecule has 0 aliphatic carbocycles. The van der Waals surface area contributed by atoms with E-state index in [0.29, 0.717) is 13.1 Å². The van der Waals surface area contributed by atoms with E-state index in [0.717, 1.165) is 12.0 Å². The van der Waals surface area contributed by atoms with Gasteiger partial charge in [-0.25, -0.2) is 4.79 Å². The molecule has 0 atom stereocenters. The van der Waals surface area contributed by atoms with Crippen LogP contribution in [0.3, 0.4) is 0 Å². The van der Waals surface area contributed by atoms with Crippen LogP contribution in [-0.4, -0.2) is 35.0 Å². The number of aromatic carboxylic acids is 1. The summed E-state index contributed by atoms with van der Waals surface area (Å²) in [5.74, 6) is -1.64. The maximum atomic E-state index is 12.3. The number of carboxylic acid groups (broad SMARTS) is 1. The second-order valence-electron chi connectivity index (χ2n) is 4.59. The molecule has 0 aliphatic heterocycles. The van der Waals surface area contributed by atoms with Gasteiger partial charge in [-0.1, -0.05) is 30.3 Å². The highest BCUT2D eigenvalue weighted by atomic mass is 16.4. The van der Waals surface area contributed by atoms with Crippen LogP contribution < -0.4 is 0 Å². The molecular weight excluding hydrogens is 270 g/mol. The van der Waals surface area contributed by atoms with Crippen LogP contribution in [0.4, 0.5) is 0 Å². The van der Waals surface area contributed by atoms with E-state index >= 15 is 0 Å². The third-order valence-corrected chi connectivity index (χ3v) is 3.21. The Labute approximate surface area is 122 Å². The first-order valence-corrected chi connectivity index (χ1v) is 6.78. The third kappa shape index (κ3) is 3.72. The molecule has 0 unspecified atom stereocenters. The lowest BCUT2D eigenvalue weighted by molar-refractivity contribution is 0.0651. The van der Waals surface area contributed by atoms with Gasteiger partial charge in [0.1, 0.15) is 0 Å². The molecule has 5 nitrogen and oxygen atoms in total. The van der Waals surface area contributed by atoms with Crippen molar-refractivity contribution in [1.82, 2.24) is 4.90 Å². The topological polar surface area (TPSA) is 70.8 Å². The summed E-state index contributed by atoms with van der Waals surface area (Å²) in [4.78, 5) is 24.7. The van der Waals surface area contributed by atoms with Gasteiger partial charge in [-0.3, -0.25) is 4.79 Å². The van der Waals surface area contributed by atoms with Crippen LogP contribution in [0.2, 0.25) is 0 Å². The smallest absolute Gasteiger partial charge is 0.371 e. The van der Waals surface area contributed by atoms with Gasteiger partial charge in [-0.2, -0.15) is 0 Å². The highest BCUT2D eigenvalue weighted by Gasteiger charge is 2.19. The molecule has 0 saturated carbocycles. The van der Waals surface area contributed by atoms with Crippen LogP contribution in [0.25, 0.3) is 0 Å². The summed E-state index contributed by atoms with van der Waals surface area (Å²) in [7, 11) is 0. The van der Waals surface area contributed by atoms with Gasteiger partial charge in [-0.05, 0) is 31.0 Å². The zero-order chi connectivity index (χ0) is 15.2. The van der Waals surface area contributed by atoms with Crippen molar-refractivity contribution in [2.75, 3.05) is 13.1 Å². The Bertz CT molecular complexity index is 618. The first kappa shape index (κ1) is 14.8. The van der Waals surface area contributed by atoms with Gasteiger partial charge in [0, 0.05) is 13.1 Å². The average molecular weight is 287 g/mol. The second-order valence-corrected chi connectivity index (χ2v) is 4.59. The van der Waals surface area contributed by atoms with E-state index < -0.39 is 5.97 Å². The molecule has 5 heteroatoms. The molecule has 1 aromatic carbocycles. The first-order chi connectivity index (χ1) is 10.1. The SMILES string of the molecule is CCN(CCc1ccccc1)C(=O)c1ccc(C(=O)O)o1. The van der Waals surface area contributed by atoms with Crippen LogP contribution in [0.1, 0.15) is 33.6 Å². The molecule has 0 saturated heterocycles. The number of nitrogens with zero attached hydrogens (tertiary/aromatic N) is 1. The molecule has 0 aliphatic rings. The summed E-state index contributed by atoms with van der Waals surface area (Å²) in [5.41, 5.74) is 1.15. The predicted octanol–water partition coefficient (Wildman–Crippen LogP) is 2.68. The summed E-state index contributed by atoms with van der Waals surface area (Å²) in [6, 6.07) is 12.6. The number of likely N-dealkylation sites (N-methyl/N-ethyl adjacent to an activating group) is 1. The monoisotopic (exact) mass is 287 g/mol. The van der Waals surface area contributed by atoms with Gasteiger partial charge >= 0.3 is 5.97 Å². The Hall–Kier alpha value is -2.56. The summed E-state index contributed by atoms with van der Waals surface area (Å²) in [5, 5.41) is 8.81. The van der Waals surface area contributed by atoms with Crippen LogP contribution >= 0.6 is 0 Å². The van der Waals surface area contributed by atoms with E-state index in [-0.39, 0.29) is 17.4 Å². The number of furan rings is 1. The zero-order valence-corrected chi connectivity index (χ0v) is 11.8. The fourth-order valence-electron chi connectivity index (χ4n) is 2.04. The van der Waals surface area contributed by atoms with Crippen molar-refractivity contribution >= 4 is 11.9 Å². The lowest BCUT2D eigenvalue weighted by atomic mass is 10.1. The van der Waals surface area contributed by atoms with E-state index in [2.05, 4.69) is 0 Å². The summed E-state index contributed by atoms with van der Waals surface area (Å²) >= 11 is 0. The number of hydrogen-bond donors (Lipinski definition) is 1. The first-order valence-electron chi connectivity index (χ1n) is 6.78. The molecule has 1 N–H and O–H groups in total. The standard InChI is InChI=1S/C16H17NO4/c1-2-17(11-10-12-6-4-3-5-7-12)15(18)13-8-9-14(21-13)16(19)20/h3-9H,2,10-11H2,1H3,(H,19,20). The maximum absolute atomic E-state index is 12.3. The minimum atomic E-state index is -1.18. The molecule has 2 rings (SSSR count). The average Bonchev–Trinajstić information content (AvgIpc) is 2.99. The van der Waals surface area contributed by atoms with Crippen molar-refractivity contribution in [1.29, 1.82) is 0 Å². The maximum Gasteiger partial charge on any atom is 0.371 e. The summed E-state index contributed by atoms with van der Waals surface area (Å²) in [6.45, 7) is 2.97. The number of carbonyl (C=O) groups is 2. The number of amides is 1. The third-order valence-electron chi connectivity index (χ3n) is 3.21. The van der Waals surface area contributed by atoms with Crippen LogP contribution in [0, 0.1) is 0 Å². The second kappa shape index (κ2) is 6.74. The highest BCUT2D eigenvalue weighted by Crippen LogP contribution is 2.12. The van der Waals surface area contributed by atoms with Crippen molar-refractivity contribution in [3.8, 4) is 0 Å². The van der Waals surface area contributed by atoms with Gasteiger partial charge in [0.25, 0.3) is 5.91 Å². The quantitative estimate of drug-likeness (QED) is 0.886. The van der Waals surface area contributed by atoms with E-state index in [4.69, 9.17) is 9.52 Å². The summed E-state index contributed by atoms with van der Waals surface area (Å²) in [6.07, 6.45) is 0.743. The van der Waals surface area contributed by atoms with Crippen molar-refractivity contribution in [3.05, 3.63) is 59.5 Å². The Kier molecular flexibility index (Phi) is 4.77. The predicted molar refractivity (Wildman–Crippen MR) is 77.4 cm³/mol. The molecule has 0 spiro atoms. The van der Waals surface area contributed by atoms with E-state index in [9.17, 15) is 9.59 Å². The zero-order valence-electron chi connectivity index (χ0n) is 11.8. The molecule has 1 aromatic heterocycles. The minimum absolute atomic E-state index is 0.0577.